The topological polar surface area (TPSA) is 78.2 Å². The Morgan fingerprint density at radius 2 is 2.04 bits per heavy atom. The average molecular weight is 358 g/mol. The Hall–Kier alpha value is -2.87. The predicted molar refractivity (Wildman–Crippen MR) is 96.1 cm³/mol. The van der Waals surface area contributed by atoms with E-state index in [2.05, 4.69) is 10.4 Å². The molecule has 0 aliphatic rings. The Balaban J connectivity index is 1.63. The number of hydrogen-bond acceptors (Lipinski definition) is 5. The average Bonchev–Trinajstić information content (AvgIpc) is 3.25. The highest BCUT2D eigenvalue weighted by molar-refractivity contribution is 7.13. The van der Waals surface area contributed by atoms with Gasteiger partial charge in [-0.05, 0) is 35.7 Å². The summed E-state index contributed by atoms with van der Waals surface area (Å²) in [6, 6.07) is 10.7. The highest BCUT2D eigenvalue weighted by atomic mass is 32.1. The van der Waals surface area contributed by atoms with E-state index in [4.69, 9.17) is 4.74 Å². The number of thiophene rings is 1. The minimum Gasteiger partial charge on any atom is -0.497 e. The summed E-state index contributed by atoms with van der Waals surface area (Å²) in [5, 5.41) is 9.08. The van der Waals surface area contributed by atoms with Gasteiger partial charge in [-0.1, -0.05) is 6.07 Å². The molecule has 0 atom stereocenters. The fourth-order valence-corrected chi connectivity index (χ4v) is 3.12. The normalized spacial score (nSPS) is 10.6. The first-order valence-electron chi connectivity index (χ1n) is 7.70. The molecule has 3 rings (SSSR count). The van der Waals surface area contributed by atoms with Crippen LogP contribution >= 0.6 is 11.3 Å². The van der Waals surface area contributed by atoms with Gasteiger partial charge in [-0.15, -0.1) is 16.4 Å². The van der Waals surface area contributed by atoms with Crippen LogP contribution in [0.2, 0.25) is 0 Å². The van der Waals surface area contributed by atoms with Crippen LogP contribution in [-0.2, 0) is 13.6 Å². The summed E-state index contributed by atoms with van der Waals surface area (Å²) in [5.41, 5.74) is 0.329. The monoisotopic (exact) mass is 358 g/mol. The number of amides is 1. The Bertz CT molecular complexity index is 911. The molecule has 0 aliphatic heterocycles. The van der Waals surface area contributed by atoms with Crippen molar-refractivity contribution in [1.29, 1.82) is 0 Å². The molecule has 2 aromatic heterocycles. The molecule has 3 aromatic rings. The van der Waals surface area contributed by atoms with E-state index >= 15 is 0 Å². The van der Waals surface area contributed by atoms with Crippen LogP contribution in [0.4, 0.5) is 0 Å². The number of aromatic nitrogens is 3. The van der Waals surface area contributed by atoms with Crippen molar-refractivity contribution in [2.75, 3.05) is 13.7 Å². The third kappa shape index (κ3) is 3.63. The maximum absolute atomic E-state index is 12.2. The molecule has 7 nitrogen and oxygen atoms in total. The van der Waals surface area contributed by atoms with Crippen molar-refractivity contribution >= 4 is 17.2 Å². The summed E-state index contributed by atoms with van der Waals surface area (Å²) in [5.74, 6) is 1.12. The molecule has 0 radical (unpaired) electrons. The molecule has 1 aromatic carbocycles. The fraction of sp³-hybridized carbons (Fsp3) is 0.235. The lowest BCUT2D eigenvalue weighted by Crippen LogP contribution is -2.31. The molecule has 1 amide bonds. The molecule has 25 heavy (non-hydrogen) atoms. The van der Waals surface area contributed by atoms with Gasteiger partial charge in [0.1, 0.15) is 5.75 Å². The van der Waals surface area contributed by atoms with Gasteiger partial charge in [-0.3, -0.25) is 9.36 Å². The van der Waals surface area contributed by atoms with Gasteiger partial charge < -0.3 is 10.1 Å². The van der Waals surface area contributed by atoms with Crippen molar-refractivity contribution in [2.45, 2.75) is 6.54 Å². The van der Waals surface area contributed by atoms with E-state index < -0.39 is 0 Å². The Kier molecular flexibility index (Phi) is 4.99. The molecule has 0 aliphatic carbocycles. The lowest BCUT2D eigenvalue weighted by molar-refractivity contribution is 0.0951. The van der Waals surface area contributed by atoms with E-state index in [-0.39, 0.29) is 11.6 Å². The smallest absolute Gasteiger partial charge is 0.346 e. The van der Waals surface area contributed by atoms with Gasteiger partial charge in [0, 0.05) is 19.2 Å². The van der Waals surface area contributed by atoms with E-state index in [1.165, 1.54) is 20.6 Å². The van der Waals surface area contributed by atoms with E-state index in [9.17, 15) is 9.59 Å². The largest absolute Gasteiger partial charge is 0.497 e. The summed E-state index contributed by atoms with van der Waals surface area (Å²) in [7, 11) is 3.26. The van der Waals surface area contributed by atoms with E-state index in [0.29, 0.717) is 30.2 Å². The third-order valence-electron chi connectivity index (χ3n) is 3.74. The molecule has 0 saturated heterocycles. The summed E-state index contributed by atoms with van der Waals surface area (Å²) >= 11 is 1.53. The Morgan fingerprint density at radius 1 is 1.28 bits per heavy atom. The van der Waals surface area contributed by atoms with Crippen molar-refractivity contribution in [3.8, 4) is 16.5 Å². The molecule has 0 saturated carbocycles. The van der Waals surface area contributed by atoms with Crippen LogP contribution in [0.15, 0.2) is 46.6 Å². The first kappa shape index (κ1) is 17.0. The van der Waals surface area contributed by atoms with E-state index in [1.807, 2.05) is 17.5 Å². The number of benzene rings is 1. The molecular formula is C17H18N4O3S. The zero-order chi connectivity index (χ0) is 17.8. The molecule has 0 spiro atoms. The zero-order valence-corrected chi connectivity index (χ0v) is 14.7. The van der Waals surface area contributed by atoms with Crippen LogP contribution in [0.5, 0.6) is 5.75 Å². The van der Waals surface area contributed by atoms with Gasteiger partial charge in [0.2, 0.25) is 0 Å². The molecule has 2 heterocycles. The molecule has 8 heteroatoms. The number of methoxy groups -OCH3 is 1. The highest BCUT2D eigenvalue weighted by Crippen LogP contribution is 2.20. The van der Waals surface area contributed by atoms with Crippen molar-refractivity contribution < 1.29 is 9.53 Å². The first-order chi connectivity index (χ1) is 12.1. The molecule has 0 unspecified atom stereocenters. The van der Waals surface area contributed by atoms with Gasteiger partial charge in [-0.25, -0.2) is 9.48 Å². The fourth-order valence-electron chi connectivity index (χ4n) is 2.37. The second-order valence-corrected chi connectivity index (χ2v) is 6.30. The minimum atomic E-state index is -0.206. The van der Waals surface area contributed by atoms with Crippen LogP contribution < -0.4 is 15.7 Å². The van der Waals surface area contributed by atoms with Crippen molar-refractivity contribution in [1.82, 2.24) is 19.7 Å². The second-order valence-electron chi connectivity index (χ2n) is 5.35. The summed E-state index contributed by atoms with van der Waals surface area (Å²) < 4.78 is 7.94. The van der Waals surface area contributed by atoms with Gasteiger partial charge >= 0.3 is 5.69 Å². The van der Waals surface area contributed by atoms with E-state index in [0.717, 1.165) is 4.88 Å². The zero-order valence-electron chi connectivity index (χ0n) is 13.9. The maximum Gasteiger partial charge on any atom is 0.346 e. The molecule has 130 valence electrons. The number of nitrogens with one attached hydrogen (secondary N) is 1. The van der Waals surface area contributed by atoms with Crippen LogP contribution in [-0.4, -0.2) is 33.9 Å². The quantitative estimate of drug-likeness (QED) is 0.728. The molecule has 0 fully saturated rings. The highest BCUT2D eigenvalue weighted by Gasteiger charge is 2.13. The van der Waals surface area contributed by atoms with Crippen molar-refractivity contribution in [3.05, 3.63) is 57.8 Å². The Morgan fingerprint density at radius 3 is 2.68 bits per heavy atom. The minimum absolute atomic E-state index is 0.204. The third-order valence-corrected chi connectivity index (χ3v) is 4.61. The molecule has 0 bridgehead atoms. The second kappa shape index (κ2) is 7.35. The first-order valence-corrected chi connectivity index (χ1v) is 8.58. The molecule has 1 N–H and O–H groups in total. The van der Waals surface area contributed by atoms with Crippen LogP contribution in [0.3, 0.4) is 0 Å². The summed E-state index contributed by atoms with van der Waals surface area (Å²) in [4.78, 5) is 25.3. The van der Waals surface area contributed by atoms with Crippen LogP contribution in [0, 0.1) is 0 Å². The van der Waals surface area contributed by atoms with Gasteiger partial charge in [0.05, 0.1) is 18.5 Å². The summed E-state index contributed by atoms with van der Waals surface area (Å²) in [6.45, 7) is 0.617. The van der Waals surface area contributed by atoms with Crippen LogP contribution in [0.25, 0.3) is 10.7 Å². The maximum atomic E-state index is 12.2. The predicted octanol–water partition coefficient (Wildman–Crippen LogP) is 1.75. The number of nitrogens with zero attached hydrogens (tertiary/aromatic N) is 3. The lowest BCUT2D eigenvalue weighted by atomic mass is 10.2. The van der Waals surface area contributed by atoms with Crippen LogP contribution in [0.1, 0.15) is 10.4 Å². The number of ether oxygens (including phenoxy) is 1. The standard InChI is InChI=1S/C17H18N4O3S/c1-20-15(14-4-3-11-25-14)19-21(17(20)23)10-9-18-16(22)12-5-7-13(24-2)8-6-12/h3-8,11H,9-10H2,1-2H3,(H,18,22). The lowest BCUT2D eigenvalue weighted by Gasteiger charge is -2.05. The van der Waals surface area contributed by atoms with Gasteiger partial charge in [-0.2, -0.15) is 0 Å². The SMILES string of the molecule is COc1ccc(C(=O)NCCn2nc(-c3cccs3)n(C)c2=O)cc1. The number of carbonyl (C=O) groups excluding carboxylic acids is 1. The van der Waals surface area contributed by atoms with Crippen molar-refractivity contribution in [3.63, 3.8) is 0 Å². The molecular weight excluding hydrogens is 340 g/mol. The number of carbonyl (C=O) groups is 1. The van der Waals surface area contributed by atoms with Gasteiger partial charge in [0.25, 0.3) is 5.91 Å². The van der Waals surface area contributed by atoms with Crippen molar-refractivity contribution in [2.24, 2.45) is 7.05 Å². The summed E-state index contributed by atoms with van der Waals surface area (Å²) in [6.07, 6.45) is 0. The number of hydrogen-bond donors (Lipinski definition) is 1. The number of rotatable bonds is 6. The Labute approximate surface area is 148 Å². The van der Waals surface area contributed by atoms with Gasteiger partial charge in [0.15, 0.2) is 5.82 Å². The van der Waals surface area contributed by atoms with E-state index in [1.54, 1.807) is 38.4 Å².